The molecule has 0 unspecified atom stereocenters. The Hall–Kier alpha value is -0.680. The van der Waals surface area contributed by atoms with E-state index in [0.29, 0.717) is 6.54 Å². The zero-order valence-electron chi connectivity index (χ0n) is 10.8. The van der Waals surface area contributed by atoms with Crippen LogP contribution in [0.4, 0.5) is 0 Å². The normalized spacial score (nSPS) is 10.9. The topological polar surface area (TPSA) is 35.5 Å². The van der Waals surface area contributed by atoms with Crippen molar-refractivity contribution in [2.75, 3.05) is 26.7 Å². The third-order valence-electron chi connectivity index (χ3n) is 2.70. The van der Waals surface area contributed by atoms with Crippen LogP contribution in [0.5, 0.6) is 0 Å². The molecule has 1 aromatic rings. The summed E-state index contributed by atoms with van der Waals surface area (Å²) in [6.07, 6.45) is 1.86. The van der Waals surface area contributed by atoms with Crippen LogP contribution in [0.25, 0.3) is 0 Å². The summed E-state index contributed by atoms with van der Waals surface area (Å²) in [7, 11) is 1.94. The predicted octanol–water partition coefficient (Wildman–Crippen LogP) is 2.15. The smallest absolute Gasteiger partial charge is 0.0558 e. The van der Waals surface area contributed by atoms with Gasteiger partial charge in [0, 0.05) is 30.7 Å². The van der Waals surface area contributed by atoms with Gasteiger partial charge in [0.1, 0.15) is 0 Å². The number of rotatable bonds is 8. The lowest BCUT2D eigenvalue weighted by molar-refractivity contribution is 0.203. The van der Waals surface area contributed by atoms with Crippen LogP contribution in [0.15, 0.2) is 35.3 Å². The van der Waals surface area contributed by atoms with Crippen molar-refractivity contribution < 1.29 is 5.11 Å². The molecule has 0 heterocycles. The van der Waals surface area contributed by atoms with E-state index in [1.165, 1.54) is 11.1 Å². The molecular weight excluding hydrogens is 292 g/mol. The molecule has 0 aliphatic carbocycles. The molecule has 0 fully saturated rings. The standard InChI is InChI=1S/C14H21BrN2O/c1-3-6-17(7-8-18)11-13-5-4-12(10-16-2)9-14(13)15/h3-5,9,16,18H,1,6-8,10-11H2,2H3. The Bertz CT molecular complexity index is 382. The van der Waals surface area contributed by atoms with Gasteiger partial charge in [-0.15, -0.1) is 6.58 Å². The first-order valence-corrected chi connectivity index (χ1v) is 6.86. The van der Waals surface area contributed by atoms with E-state index in [0.717, 1.165) is 24.1 Å². The van der Waals surface area contributed by atoms with Gasteiger partial charge in [-0.05, 0) is 24.2 Å². The van der Waals surface area contributed by atoms with Gasteiger partial charge < -0.3 is 10.4 Å². The molecule has 0 amide bonds. The minimum atomic E-state index is 0.170. The van der Waals surface area contributed by atoms with Gasteiger partial charge in [0.05, 0.1) is 6.61 Å². The highest BCUT2D eigenvalue weighted by Gasteiger charge is 2.07. The maximum absolute atomic E-state index is 9.03. The van der Waals surface area contributed by atoms with E-state index in [9.17, 15) is 0 Å². The summed E-state index contributed by atoms with van der Waals surface area (Å²) in [5, 5.41) is 12.2. The molecular formula is C14H21BrN2O. The number of nitrogens with zero attached hydrogens (tertiary/aromatic N) is 1. The van der Waals surface area contributed by atoms with Gasteiger partial charge in [0.2, 0.25) is 0 Å². The van der Waals surface area contributed by atoms with Gasteiger partial charge in [-0.2, -0.15) is 0 Å². The van der Waals surface area contributed by atoms with Gasteiger partial charge in [0.25, 0.3) is 0 Å². The van der Waals surface area contributed by atoms with Crippen molar-refractivity contribution in [3.05, 3.63) is 46.5 Å². The molecule has 0 bridgehead atoms. The van der Waals surface area contributed by atoms with E-state index in [2.05, 4.69) is 50.9 Å². The molecule has 2 N–H and O–H groups in total. The molecule has 100 valence electrons. The summed E-state index contributed by atoms with van der Waals surface area (Å²) >= 11 is 3.61. The van der Waals surface area contributed by atoms with Crippen molar-refractivity contribution in [1.29, 1.82) is 0 Å². The van der Waals surface area contributed by atoms with Gasteiger partial charge in [0.15, 0.2) is 0 Å². The molecule has 0 aliphatic heterocycles. The summed E-state index contributed by atoms with van der Waals surface area (Å²) < 4.78 is 1.11. The average Bonchev–Trinajstić information content (AvgIpc) is 2.33. The number of benzene rings is 1. The Balaban J connectivity index is 2.73. The first-order valence-electron chi connectivity index (χ1n) is 6.07. The lowest BCUT2D eigenvalue weighted by atomic mass is 10.1. The molecule has 0 aliphatic rings. The molecule has 0 spiro atoms. The summed E-state index contributed by atoms with van der Waals surface area (Å²) in [6.45, 7) is 7.04. The fourth-order valence-corrected chi connectivity index (χ4v) is 2.38. The molecule has 3 nitrogen and oxygen atoms in total. The average molecular weight is 313 g/mol. The molecule has 0 atom stereocenters. The number of nitrogens with one attached hydrogen (secondary N) is 1. The number of hydrogen-bond acceptors (Lipinski definition) is 3. The molecule has 1 rings (SSSR count). The number of aliphatic hydroxyl groups excluding tert-OH is 1. The van der Waals surface area contributed by atoms with Crippen molar-refractivity contribution >= 4 is 15.9 Å². The van der Waals surface area contributed by atoms with Crippen LogP contribution in [0.1, 0.15) is 11.1 Å². The van der Waals surface area contributed by atoms with Gasteiger partial charge in [-0.25, -0.2) is 0 Å². The monoisotopic (exact) mass is 312 g/mol. The van der Waals surface area contributed by atoms with E-state index in [4.69, 9.17) is 5.11 Å². The van der Waals surface area contributed by atoms with Crippen molar-refractivity contribution in [3.63, 3.8) is 0 Å². The highest BCUT2D eigenvalue weighted by atomic mass is 79.9. The van der Waals surface area contributed by atoms with Crippen LogP contribution >= 0.6 is 15.9 Å². The first-order chi connectivity index (χ1) is 8.71. The number of halogens is 1. The fourth-order valence-electron chi connectivity index (χ4n) is 1.83. The van der Waals surface area contributed by atoms with E-state index in [1.807, 2.05) is 13.1 Å². The number of hydrogen-bond donors (Lipinski definition) is 2. The number of aliphatic hydroxyl groups is 1. The maximum Gasteiger partial charge on any atom is 0.0558 e. The molecule has 0 aromatic heterocycles. The van der Waals surface area contributed by atoms with E-state index >= 15 is 0 Å². The van der Waals surface area contributed by atoms with Crippen molar-refractivity contribution in [3.8, 4) is 0 Å². The van der Waals surface area contributed by atoms with Crippen molar-refractivity contribution in [1.82, 2.24) is 10.2 Å². The Morgan fingerprint density at radius 3 is 2.83 bits per heavy atom. The lowest BCUT2D eigenvalue weighted by Gasteiger charge is -2.20. The molecule has 0 radical (unpaired) electrons. The molecule has 1 aromatic carbocycles. The Morgan fingerprint density at radius 1 is 1.50 bits per heavy atom. The van der Waals surface area contributed by atoms with Crippen LogP contribution in [-0.2, 0) is 13.1 Å². The fraction of sp³-hybridized carbons (Fsp3) is 0.429. The quantitative estimate of drug-likeness (QED) is 0.722. The van der Waals surface area contributed by atoms with Gasteiger partial charge in [-0.3, -0.25) is 4.90 Å². The SMILES string of the molecule is C=CCN(CCO)Cc1ccc(CNC)cc1Br. The van der Waals surface area contributed by atoms with Crippen molar-refractivity contribution in [2.24, 2.45) is 0 Å². The largest absolute Gasteiger partial charge is 0.395 e. The summed E-state index contributed by atoms with van der Waals surface area (Å²) in [5.41, 5.74) is 2.48. The minimum absolute atomic E-state index is 0.170. The highest BCUT2D eigenvalue weighted by molar-refractivity contribution is 9.10. The van der Waals surface area contributed by atoms with Crippen molar-refractivity contribution in [2.45, 2.75) is 13.1 Å². The van der Waals surface area contributed by atoms with Gasteiger partial charge >= 0.3 is 0 Å². The predicted molar refractivity (Wildman–Crippen MR) is 79.5 cm³/mol. The van der Waals surface area contributed by atoms with Crippen LogP contribution < -0.4 is 5.32 Å². The first kappa shape index (κ1) is 15.4. The highest BCUT2D eigenvalue weighted by Crippen LogP contribution is 2.20. The summed E-state index contributed by atoms with van der Waals surface area (Å²) in [4.78, 5) is 2.16. The summed E-state index contributed by atoms with van der Waals surface area (Å²) in [5.74, 6) is 0. The molecule has 4 heteroatoms. The summed E-state index contributed by atoms with van der Waals surface area (Å²) in [6, 6.07) is 6.39. The van der Waals surface area contributed by atoms with Gasteiger partial charge in [-0.1, -0.05) is 34.1 Å². The van der Waals surface area contributed by atoms with E-state index in [1.54, 1.807) is 0 Å². The third-order valence-corrected chi connectivity index (χ3v) is 3.43. The van der Waals surface area contributed by atoms with Crippen LogP contribution in [0.3, 0.4) is 0 Å². The Labute approximate surface area is 118 Å². The van der Waals surface area contributed by atoms with Crippen LogP contribution in [0, 0.1) is 0 Å². The maximum atomic E-state index is 9.03. The Kier molecular flexibility index (Phi) is 7.20. The second-order valence-corrected chi connectivity index (χ2v) is 5.06. The van der Waals surface area contributed by atoms with Crippen LogP contribution in [0.2, 0.25) is 0 Å². The van der Waals surface area contributed by atoms with E-state index in [-0.39, 0.29) is 6.61 Å². The molecule has 18 heavy (non-hydrogen) atoms. The van der Waals surface area contributed by atoms with E-state index < -0.39 is 0 Å². The molecule has 0 saturated carbocycles. The second-order valence-electron chi connectivity index (χ2n) is 4.20. The minimum Gasteiger partial charge on any atom is -0.395 e. The zero-order valence-corrected chi connectivity index (χ0v) is 12.4. The second kappa shape index (κ2) is 8.43. The zero-order chi connectivity index (χ0) is 13.4. The lowest BCUT2D eigenvalue weighted by Crippen LogP contribution is -2.26. The third kappa shape index (κ3) is 4.90. The Morgan fingerprint density at radius 2 is 2.28 bits per heavy atom. The van der Waals surface area contributed by atoms with Crippen LogP contribution in [-0.4, -0.2) is 36.8 Å². The molecule has 0 saturated heterocycles.